The molecule has 1 aromatic rings. The second-order valence-corrected chi connectivity index (χ2v) is 7.40. The molecule has 1 aromatic carbocycles. The van der Waals surface area contributed by atoms with Crippen molar-refractivity contribution < 1.29 is 13.2 Å². The maximum absolute atomic E-state index is 12.4. The van der Waals surface area contributed by atoms with Gasteiger partial charge in [0.2, 0.25) is 10.0 Å². The summed E-state index contributed by atoms with van der Waals surface area (Å²) >= 11 is 0. The summed E-state index contributed by atoms with van der Waals surface area (Å²) in [6.07, 6.45) is 0. The summed E-state index contributed by atoms with van der Waals surface area (Å²) in [4.78, 5) is 4.41. The predicted octanol–water partition coefficient (Wildman–Crippen LogP) is 1.40. The Bertz CT molecular complexity index is 665. The molecule has 0 aliphatic carbocycles. The summed E-state index contributed by atoms with van der Waals surface area (Å²) in [6.45, 7) is 6.87. The normalized spacial score (nSPS) is 13.1. The fraction of sp³-hybridized carbons (Fsp3) is 0.562. The van der Waals surface area contributed by atoms with Crippen LogP contribution in [0.4, 0.5) is 0 Å². The van der Waals surface area contributed by atoms with Gasteiger partial charge in [-0.2, -0.15) is 0 Å². The molecule has 1 rings (SSSR count). The second kappa shape index (κ2) is 11.7. The summed E-state index contributed by atoms with van der Waals surface area (Å²) in [6, 6.07) is 5.49. The molecule has 1 unspecified atom stereocenters. The minimum atomic E-state index is -3.52. The van der Waals surface area contributed by atoms with Gasteiger partial charge < -0.3 is 15.4 Å². The van der Waals surface area contributed by atoms with Crippen molar-refractivity contribution in [1.82, 2.24) is 15.4 Å². The fourth-order valence-corrected chi connectivity index (χ4v) is 3.52. The van der Waals surface area contributed by atoms with Crippen molar-refractivity contribution in [2.45, 2.75) is 31.7 Å². The van der Waals surface area contributed by atoms with Crippen molar-refractivity contribution in [3.05, 3.63) is 29.3 Å². The zero-order valence-corrected chi connectivity index (χ0v) is 18.6. The maximum atomic E-state index is 12.4. The third-order valence-electron chi connectivity index (χ3n) is 3.37. The molecule has 0 bridgehead atoms. The van der Waals surface area contributed by atoms with Crippen molar-refractivity contribution in [1.29, 1.82) is 0 Å². The van der Waals surface area contributed by atoms with E-state index in [2.05, 4.69) is 20.3 Å². The molecule has 0 saturated heterocycles. The van der Waals surface area contributed by atoms with Crippen LogP contribution >= 0.6 is 24.0 Å². The molecule has 7 nitrogen and oxygen atoms in total. The van der Waals surface area contributed by atoms with Crippen LogP contribution in [-0.2, 0) is 14.8 Å². The molecule has 25 heavy (non-hydrogen) atoms. The minimum Gasteiger partial charge on any atom is -0.383 e. The summed E-state index contributed by atoms with van der Waals surface area (Å²) in [5, 5.41) is 6.22. The average molecular weight is 484 g/mol. The highest BCUT2D eigenvalue weighted by Crippen LogP contribution is 2.16. The fourth-order valence-electron chi connectivity index (χ4n) is 2.16. The molecule has 3 N–H and O–H groups in total. The summed E-state index contributed by atoms with van der Waals surface area (Å²) < 4.78 is 32.4. The number of rotatable bonds is 8. The Morgan fingerprint density at radius 3 is 2.56 bits per heavy atom. The van der Waals surface area contributed by atoms with Gasteiger partial charge in [-0.25, -0.2) is 13.1 Å². The van der Waals surface area contributed by atoms with Gasteiger partial charge in [0.1, 0.15) is 0 Å². The Kier molecular flexibility index (Phi) is 11.2. The Labute approximate surface area is 168 Å². The molecule has 0 fully saturated rings. The molecule has 1 atom stereocenters. The second-order valence-electron chi connectivity index (χ2n) is 5.67. The Morgan fingerprint density at radius 1 is 1.28 bits per heavy atom. The number of halogens is 1. The Morgan fingerprint density at radius 2 is 1.96 bits per heavy atom. The molecule has 0 amide bonds. The quantitative estimate of drug-likeness (QED) is 0.225. The topological polar surface area (TPSA) is 91.8 Å². The van der Waals surface area contributed by atoms with E-state index in [1.807, 2.05) is 26.0 Å². The number of hydrogen-bond donors (Lipinski definition) is 3. The average Bonchev–Trinajstić information content (AvgIpc) is 2.52. The molecule has 144 valence electrons. The highest BCUT2D eigenvalue weighted by Gasteiger charge is 2.16. The van der Waals surface area contributed by atoms with E-state index in [1.54, 1.807) is 27.1 Å². The lowest BCUT2D eigenvalue weighted by Gasteiger charge is -2.17. The summed E-state index contributed by atoms with van der Waals surface area (Å²) in [5.41, 5.74) is 1.64. The molecular weight excluding hydrogens is 455 g/mol. The third kappa shape index (κ3) is 8.34. The first-order chi connectivity index (χ1) is 11.3. The van der Waals surface area contributed by atoms with Crippen molar-refractivity contribution in [2.75, 3.05) is 33.9 Å². The van der Waals surface area contributed by atoms with Crippen molar-refractivity contribution in [2.24, 2.45) is 4.99 Å². The zero-order valence-electron chi connectivity index (χ0n) is 15.4. The number of nitrogens with zero attached hydrogens (tertiary/aromatic N) is 1. The lowest BCUT2D eigenvalue weighted by atomic mass is 10.2. The van der Waals surface area contributed by atoms with Crippen LogP contribution in [0, 0.1) is 13.8 Å². The number of sulfonamides is 1. The maximum Gasteiger partial charge on any atom is 0.240 e. The molecule has 0 saturated carbocycles. The molecule has 0 aliphatic rings. The van der Waals surface area contributed by atoms with Crippen LogP contribution in [0.3, 0.4) is 0 Å². The van der Waals surface area contributed by atoms with Crippen molar-refractivity contribution in [3.8, 4) is 0 Å². The molecule has 0 spiro atoms. The van der Waals surface area contributed by atoms with Gasteiger partial charge in [0, 0.05) is 33.3 Å². The number of methoxy groups -OCH3 is 1. The van der Waals surface area contributed by atoms with Crippen molar-refractivity contribution in [3.63, 3.8) is 0 Å². The zero-order chi connectivity index (χ0) is 18.2. The molecule has 0 aliphatic heterocycles. The van der Waals surface area contributed by atoms with Gasteiger partial charge in [0.25, 0.3) is 0 Å². The van der Waals surface area contributed by atoms with Gasteiger partial charge >= 0.3 is 0 Å². The highest BCUT2D eigenvalue weighted by atomic mass is 127. The lowest BCUT2D eigenvalue weighted by molar-refractivity contribution is 0.179. The van der Waals surface area contributed by atoms with Gasteiger partial charge in [-0.1, -0.05) is 12.1 Å². The van der Waals surface area contributed by atoms with Crippen LogP contribution in [0.25, 0.3) is 0 Å². The Balaban J connectivity index is 0.00000576. The number of guanidine groups is 1. The number of nitrogens with one attached hydrogen (secondary N) is 3. The first-order valence-electron chi connectivity index (χ1n) is 7.83. The first kappa shape index (κ1) is 24.1. The van der Waals surface area contributed by atoms with E-state index in [4.69, 9.17) is 4.74 Å². The molecule has 0 heterocycles. The SMILES string of the molecule is CN=C(NCCNS(=O)(=O)c1cc(C)ccc1C)NC(C)COC.I. The Hall–Kier alpha value is -0.910. The van der Waals surface area contributed by atoms with E-state index >= 15 is 0 Å². The lowest BCUT2D eigenvalue weighted by Crippen LogP contribution is -2.46. The van der Waals surface area contributed by atoms with E-state index in [1.165, 1.54) is 0 Å². The number of benzene rings is 1. The summed E-state index contributed by atoms with van der Waals surface area (Å²) in [7, 11) is -0.223. The van der Waals surface area contributed by atoms with Crippen molar-refractivity contribution >= 4 is 40.0 Å². The van der Waals surface area contributed by atoms with Crippen LogP contribution in [0.2, 0.25) is 0 Å². The minimum absolute atomic E-state index is 0. The molecule has 9 heteroatoms. The number of aliphatic imine (C=N–C) groups is 1. The van der Waals surface area contributed by atoms with Crippen LogP contribution in [0.5, 0.6) is 0 Å². The third-order valence-corrected chi connectivity index (χ3v) is 4.97. The van der Waals surface area contributed by atoms with E-state index in [0.29, 0.717) is 24.0 Å². The van der Waals surface area contributed by atoms with Crippen LogP contribution in [-0.4, -0.2) is 54.3 Å². The van der Waals surface area contributed by atoms with E-state index in [-0.39, 0.29) is 36.6 Å². The monoisotopic (exact) mass is 484 g/mol. The van der Waals surface area contributed by atoms with E-state index < -0.39 is 10.0 Å². The summed E-state index contributed by atoms with van der Waals surface area (Å²) in [5.74, 6) is 0.602. The van der Waals surface area contributed by atoms with Gasteiger partial charge in [-0.05, 0) is 38.0 Å². The first-order valence-corrected chi connectivity index (χ1v) is 9.31. The van der Waals surface area contributed by atoms with Gasteiger partial charge in [-0.15, -0.1) is 24.0 Å². The highest BCUT2D eigenvalue weighted by molar-refractivity contribution is 14.0. The van der Waals surface area contributed by atoms with Crippen LogP contribution in [0.1, 0.15) is 18.1 Å². The van der Waals surface area contributed by atoms with Crippen LogP contribution in [0.15, 0.2) is 28.1 Å². The van der Waals surface area contributed by atoms with Gasteiger partial charge in [0.05, 0.1) is 11.5 Å². The standard InChI is InChI=1S/C16H28N4O3S.HI/c1-12-6-7-13(2)15(10-12)24(21,22)19-9-8-18-16(17-4)20-14(3)11-23-5;/h6-7,10,14,19H,8-9,11H2,1-5H3,(H2,17,18,20);1H. The van der Waals surface area contributed by atoms with Gasteiger partial charge in [0.15, 0.2) is 5.96 Å². The molecule has 0 aromatic heterocycles. The van der Waals surface area contributed by atoms with E-state index in [9.17, 15) is 8.42 Å². The smallest absolute Gasteiger partial charge is 0.240 e. The van der Waals surface area contributed by atoms with Gasteiger partial charge in [-0.3, -0.25) is 4.99 Å². The molecule has 0 radical (unpaired) electrons. The number of hydrogen-bond acceptors (Lipinski definition) is 4. The number of ether oxygens (including phenoxy) is 1. The van der Waals surface area contributed by atoms with E-state index in [0.717, 1.165) is 11.1 Å². The largest absolute Gasteiger partial charge is 0.383 e. The predicted molar refractivity (Wildman–Crippen MR) is 112 cm³/mol. The van der Waals surface area contributed by atoms with Crippen LogP contribution < -0.4 is 15.4 Å². The number of aryl methyl sites for hydroxylation is 2. The molecular formula is C16H29IN4O3S.